The maximum absolute atomic E-state index is 14.1. The summed E-state index contributed by atoms with van der Waals surface area (Å²) in [6, 6.07) is 7.60. The summed E-state index contributed by atoms with van der Waals surface area (Å²) in [5.74, 6) is -2.58. The van der Waals surface area contributed by atoms with E-state index in [9.17, 15) is 17.6 Å². The Labute approximate surface area is 145 Å². The quantitative estimate of drug-likeness (QED) is 0.555. The first-order valence-electron chi connectivity index (χ1n) is 8.84. The molecule has 0 heterocycles. The molecule has 1 saturated carbocycles. The van der Waals surface area contributed by atoms with Gasteiger partial charge in [-0.25, -0.2) is 17.6 Å². The minimum absolute atomic E-state index is 0.0391. The lowest BCUT2D eigenvalue weighted by Gasteiger charge is -2.29. The first-order valence-corrected chi connectivity index (χ1v) is 8.84. The fourth-order valence-corrected chi connectivity index (χ4v) is 3.84. The van der Waals surface area contributed by atoms with Crippen molar-refractivity contribution < 1.29 is 17.6 Å². The third-order valence-electron chi connectivity index (χ3n) is 5.45. The van der Waals surface area contributed by atoms with Crippen LogP contribution in [-0.4, -0.2) is 0 Å². The maximum Gasteiger partial charge on any atom is 0.162 e. The molecule has 0 amide bonds. The highest BCUT2D eigenvalue weighted by molar-refractivity contribution is 5.28. The van der Waals surface area contributed by atoms with Crippen LogP contribution in [0.25, 0.3) is 0 Å². The Hall–Kier alpha value is -1.84. The van der Waals surface area contributed by atoms with E-state index in [1.54, 1.807) is 25.1 Å². The lowest BCUT2D eigenvalue weighted by atomic mass is 9.76. The van der Waals surface area contributed by atoms with Crippen molar-refractivity contribution in [2.45, 2.75) is 51.4 Å². The van der Waals surface area contributed by atoms with E-state index in [0.717, 1.165) is 38.2 Å². The summed E-state index contributed by atoms with van der Waals surface area (Å²) >= 11 is 0. The van der Waals surface area contributed by atoms with E-state index in [-0.39, 0.29) is 5.92 Å². The van der Waals surface area contributed by atoms with Crippen LogP contribution in [0.2, 0.25) is 0 Å². The van der Waals surface area contributed by atoms with Gasteiger partial charge in [0.1, 0.15) is 0 Å². The van der Waals surface area contributed by atoms with E-state index in [1.807, 2.05) is 0 Å². The second kappa shape index (κ2) is 7.59. The third kappa shape index (κ3) is 3.88. The highest BCUT2D eigenvalue weighted by Gasteiger charge is 2.26. The predicted molar refractivity (Wildman–Crippen MR) is 90.5 cm³/mol. The van der Waals surface area contributed by atoms with Crippen molar-refractivity contribution in [3.8, 4) is 0 Å². The number of hydrogen-bond donors (Lipinski definition) is 0. The van der Waals surface area contributed by atoms with Gasteiger partial charge in [0.05, 0.1) is 0 Å². The molecule has 1 fully saturated rings. The van der Waals surface area contributed by atoms with Gasteiger partial charge in [-0.1, -0.05) is 24.3 Å². The summed E-state index contributed by atoms with van der Waals surface area (Å²) in [5.41, 5.74) is 1.21. The molecule has 134 valence electrons. The van der Waals surface area contributed by atoms with Crippen molar-refractivity contribution >= 4 is 0 Å². The summed E-state index contributed by atoms with van der Waals surface area (Å²) in [6.07, 6.45) is 4.70. The Bertz CT molecular complexity index is 746. The molecule has 1 aliphatic carbocycles. The Morgan fingerprint density at radius 3 is 2.28 bits per heavy atom. The summed E-state index contributed by atoms with van der Waals surface area (Å²) in [7, 11) is 0. The number of aryl methyl sites for hydroxylation is 2. The van der Waals surface area contributed by atoms with Gasteiger partial charge in [0, 0.05) is 0 Å². The lowest BCUT2D eigenvalue weighted by Crippen LogP contribution is -2.16. The lowest BCUT2D eigenvalue weighted by molar-refractivity contribution is 0.303. The molecule has 0 saturated heterocycles. The topological polar surface area (TPSA) is 0 Å². The van der Waals surface area contributed by atoms with E-state index >= 15 is 0 Å². The van der Waals surface area contributed by atoms with Crippen LogP contribution in [-0.2, 0) is 6.42 Å². The third-order valence-corrected chi connectivity index (χ3v) is 5.45. The zero-order chi connectivity index (χ0) is 18.0. The molecule has 0 spiro atoms. The Morgan fingerprint density at radius 2 is 1.56 bits per heavy atom. The van der Waals surface area contributed by atoms with Gasteiger partial charge >= 0.3 is 0 Å². The molecule has 3 rings (SSSR count). The van der Waals surface area contributed by atoms with Gasteiger partial charge in [0.2, 0.25) is 0 Å². The van der Waals surface area contributed by atoms with Crippen LogP contribution in [0, 0.1) is 36.1 Å². The van der Waals surface area contributed by atoms with Crippen LogP contribution in [0.3, 0.4) is 0 Å². The van der Waals surface area contributed by atoms with E-state index in [0.29, 0.717) is 29.0 Å². The second-order valence-electron chi connectivity index (χ2n) is 7.07. The minimum atomic E-state index is -0.807. The largest absolute Gasteiger partial charge is 0.204 e. The molecule has 2 aromatic rings. The molecule has 0 bridgehead atoms. The monoisotopic (exact) mass is 350 g/mol. The van der Waals surface area contributed by atoms with Crippen molar-refractivity contribution in [2.24, 2.45) is 5.92 Å². The molecule has 1 aliphatic rings. The molecule has 0 atom stereocenters. The molecular weight excluding hydrogens is 328 g/mol. The van der Waals surface area contributed by atoms with Crippen molar-refractivity contribution in [1.82, 2.24) is 0 Å². The van der Waals surface area contributed by atoms with Crippen molar-refractivity contribution in [2.75, 3.05) is 0 Å². The predicted octanol–water partition coefficient (Wildman–Crippen LogP) is 6.46. The SMILES string of the molecule is Cc1ccc(C2CCC(CCc3cccc(F)c3F)CC2)c(F)c1F. The molecule has 0 aliphatic heterocycles. The molecule has 0 unspecified atom stereocenters. The fraction of sp³-hybridized carbons (Fsp3) is 0.429. The Balaban J connectivity index is 1.57. The van der Waals surface area contributed by atoms with Gasteiger partial charge < -0.3 is 0 Å². The average molecular weight is 350 g/mol. The Kier molecular flexibility index (Phi) is 5.45. The average Bonchev–Trinajstić information content (AvgIpc) is 2.62. The molecular formula is C21H22F4. The number of hydrogen-bond acceptors (Lipinski definition) is 0. The van der Waals surface area contributed by atoms with Gasteiger partial charge in [0.15, 0.2) is 23.3 Å². The van der Waals surface area contributed by atoms with Crippen LogP contribution in [0.1, 0.15) is 54.7 Å². The summed E-state index contributed by atoms with van der Waals surface area (Å²) < 4.78 is 54.8. The maximum atomic E-state index is 14.1. The summed E-state index contributed by atoms with van der Waals surface area (Å²) in [6.45, 7) is 1.56. The zero-order valence-corrected chi connectivity index (χ0v) is 14.3. The highest BCUT2D eigenvalue weighted by atomic mass is 19.2. The van der Waals surface area contributed by atoms with E-state index in [4.69, 9.17) is 0 Å². The highest BCUT2D eigenvalue weighted by Crippen LogP contribution is 2.39. The molecule has 4 heteroatoms. The van der Waals surface area contributed by atoms with Crippen LogP contribution in [0.15, 0.2) is 30.3 Å². The first kappa shape index (κ1) is 18.0. The van der Waals surface area contributed by atoms with Gasteiger partial charge in [0.25, 0.3) is 0 Å². The Morgan fingerprint density at radius 1 is 0.840 bits per heavy atom. The first-order chi connectivity index (χ1) is 12.0. The zero-order valence-electron chi connectivity index (χ0n) is 14.3. The normalized spacial score (nSPS) is 20.7. The van der Waals surface area contributed by atoms with Gasteiger partial charge in [-0.2, -0.15) is 0 Å². The molecule has 0 aromatic heterocycles. The fourth-order valence-electron chi connectivity index (χ4n) is 3.84. The van der Waals surface area contributed by atoms with E-state index in [1.165, 1.54) is 6.07 Å². The number of halogens is 4. The van der Waals surface area contributed by atoms with Gasteiger partial charge in [-0.05, 0) is 80.0 Å². The molecule has 25 heavy (non-hydrogen) atoms. The standard InChI is InChI=1S/C21H22F4/c1-13-5-12-17(21(25)19(13)23)15-9-6-14(7-10-15)8-11-16-3-2-4-18(22)20(16)24/h2-5,12,14-15H,6-11H2,1H3. The molecule has 2 aromatic carbocycles. The van der Waals surface area contributed by atoms with Crippen molar-refractivity contribution in [3.63, 3.8) is 0 Å². The van der Waals surface area contributed by atoms with E-state index < -0.39 is 23.3 Å². The number of benzene rings is 2. The van der Waals surface area contributed by atoms with Crippen LogP contribution >= 0.6 is 0 Å². The summed E-state index contributed by atoms with van der Waals surface area (Å²) in [5, 5.41) is 0. The molecule has 0 radical (unpaired) electrons. The van der Waals surface area contributed by atoms with Crippen molar-refractivity contribution in [3.05, 3.63) is 70.3 Å². The molecule has 0 nitrogen and oxygen atoms in total. The minimum Gasteiger partial charge on any atom is -0.204 e. The van der Waals surface area contributed by atoms with E-state index in [2.05, 4.69) is 0 Å². The van der Waals surface area contributed by atoms with Crippen LogP contribution in [0.5, 0.6) is 0 Å². The van der Waals surface area contributed by atoms with Crippen LogP contribution < -0.4 is 0 Å². The van der Waals surface area contributed by atoms with Crippen molar-refractivity contribution in [1.29, 1.82) is 0 Å². The van der Waals surface area contributed by atoms with Crippen LogP contribution in [0.4, 0.5) is 17.6 Å². The van der Waals surface area contributed by atoms with Gasteiger partial charge in [-0.15, -0.1) is 0 Å². The molecule has 0 N–H and O–H groups in total. The van der Waals surface area contributed by atoms with Gasteiger partial charge in [-0.3, -0.25) is 0 Å². The number of rotatable bonds is 4. The summed E-state index contributed by atoms with van der Waals surface area (Å²) in [4.78, 5) is 0. The second-order valence-corrected chi connectivity index (χ2v) is 7.07. The smallest absolute Gasteiger partial charge is 0.162 e.